The van der Waals surface area contributed by atoms with E-state index in [1.807, 2.05) is 0 Å². The average Bonchev–Trinajstić information content (AvgIpc) is 2.05. The van der Waals surface area contributed by atoms with E-state index in [0.29, 0.717) is 12.8 Å². The summed E-state index contributed by atoms with van der Waals surface area (Å²) in [7, 11) is 0. The Morgan fingerprint density at radius 1 is 1.33 bits per heavy atom. The van der Waals surface area contributed by atoms with E-state index in [1.54, 1.807) is 0 Å². The van der Waals surface area contributed by atoms with Gasteiger partial charge in [0.1, 0.15) is 5.41 Å². The quantitative estimate of drug-likeness (QED) is 0.724. The topological polar surface area (TPSA) is 37.3 Å². The van der Waals surface area contributed by atoms with Crippen molar-refractivity contribution in [3.63, 3.8) is 0 Å². The van der Waals surface area contributed by atoms with Crippen LogP contribution in [0.25, 0.3) is 0 Å². The summed E-state index contributed by atoms with van der Waals surface area (Å²) >= 11 is 5.73. The zero-order chi connectivity index (χ0) is 9.19. The standard InChI is InChI=1S/C9H13ClO2/c1-7(10)9(8(11)12)5-3-2-4-6-9/h1-6H2,(H,11,12). The van der Waals surface area contributed by atoms with E-state index in [2.05, 4.69) is 6.58 Å². The second-order valence-electron chi connectivity index (χ2n) is 3.35. The second-order valence-corrected chi connectivity index (χ2v) is 3.81. The maximum Gasteiger partial charge on any atom is 0.315 e. The lowest BCUT2D eigenvalue weighted by Crippen LogP contribution is -2.33. The van der Waals surface area contributed by atoms with Crippen molar-refractivity contribution in [2.24, 2.45) is 5.41 Å². The molecule has 1 saturated carbocycles. The van der Waals surface area contributed by atoms with Crippen molar-refractivity contribution in [2.45, 2.75) is 32.1 Å². The summed E-state index contributed by atoms with van der Waals surface area (Å²) in [4.78, 5) is 11.0. The van der Waals surface area contributed by atoms with Gasteiger partial charge in [0.2, 0.25) is 0 Å². The SMILES string of the molecule is C=C(Cl)C1(C(=O)O)CCCCC1. The molecular weight excluding hydrogens is 176 g/mol. The Labute approximate surface area is 77.2 Å². The predicted molar refractivity (Wildman–Crippen MR) is 48.1 cm³/mol. The van der Waals surface area contributed by atoms with Gasteiger partial charge in [-0.2, -0.15) is 0 Å². The minimum atomic E-state index is -0.834. The Morgan fingerprint density at radius 3 is 2.08 bits per heavy atom. The van der Waals surface area contributed by atoms with Crippen LogP contribution in [0, 0.1) is 5.41 Å². The molecule has 0 bridgehead atoms. The Bertz CT molecular complexity index is 189. The molecule has 1 aliphatic carbocycles. The molecule has 1 aliphatic rings. The van der Waals surface area contributed by atoms with Gasteiger partial charge < -0.3 is 5.11 Å². The fourth-order valence-electron chi connectivity index (χ4n) is 1.76. The van der Waals surface area contributed by atoms with Crippen LogP contribution in [0.15, 0.2) is 11.6 Å². The van der Waals surface area contributed by atoms with Gasteiger partial charge in [-0.1, -0.05) is 37.4 Å². The van der Waals surface area contributed by atoms with E-state index < -0.39 is 11.4 Å². The zero-order valence-corrected chi connectivity index (χ0v) is 7.73. The van der Waals surface area contributed by atoms with Gasteiger partial charge in [0.25, 0.3) is 0 Å². The first-order chi connectivity index (χ1) is 5.59. The lowest BCUT2D eigenvalue weighted by atomic mass is 9.74. The first kappa shape index (κ1) is 9.59. The highest BCUT2D eigenvalue weighted by Gasteiger charge is 2.41. The van der Waals surface area contributed by atoms with E-state index in [1.165, 1.54) is 0 Å². The minimum Gasteiger partial charge on any atom is -0.481 e. The van der Waals surface area contributed by atoms with Crippen LogP contribution in [0.2, 0.25) is 0 Å². The van der Waals surface area contributed by atoms with Gasteiger partial charge in [-0.15, -0.1) is 0 Å². The zero-order valence-electron chi connectivity index (χ0n) is 6.98. The van der Waals surface area contributed by atoms with E-state index in [4.69, 9.17) is 16.7 Å². The van der Waals surface area contributed by atoms with Gasteiger partial charge in [0.15, 0.2) is 0 Å². The maximum absolute atomic E-state index is 11.0. The summed E-state index contributed by atoms with van der Waals surface area (Å²) < 4.78 is 0. The van der Waals surface area contributed by atoms with Gasteiger partial charge in [0, 0.05) is 5.03 Å². The molecule has 12 heavy (non-hydrogen) atoms. The van der Waals surface area contributed by atoms with Crippen molar-refractivity contribution in [3.8, 4) is 0 Å². The van der Waals surface area contributed by atoms with Crippen LogP contribution in [0.1, 0.15) is 32.1 Å². The number of carboxylic acid groups (broad SMARTS) is 1. The molecule has 0 heterocycles. The van der Waals surface area contributed by atoms with Crippen LogP contribution in [0.5, 0.6) is 0 Å². The van der Waals surface area contributed by atoms with Gasteiger partial charge >= 0.3 is 5.97 Å². The van der Waals surface area contributed by atoms with Gasteiger partial charge in [0.05, 0.1) is 0 Å². The molecule has 0 unspecified atom stereocenters. The first-order valence-electron chi connectivity index (χ1n) is 4.18. The average molecular weight is 189 g/mol. The summed E-state index contributed by atoms with van der Waals surface area (Å²) in [6.45, 7) is 3.56. The molecule has 2 nitrogen and oxygen atoms in total. The number of rotatable bonds is 2. The third kappa shape index (κ3) is 1.48. The van der Waals surface area contributed by atoms with E-state index in [0.717, 1.165) is 19.3 Å². The molecule has 0 aromatic carbocycles. The van der Waals surface area contributed by atoms with Crippen LogP contribution < -0.4 is 0 Å². The number of carbonyl (C=O) groups is 1. The number of halogens is 1. The van der Waals surface area contributed by atoms with E-state index in [-0.39, 0.29) is 5.03 Å². The number of hydrogen-bond donors (Lipinski definition) is 1. The maximum atomic E-state index is 11.0. The third-order valence-corrected chi connectivity index (χ3v) is 3.00. The summed E-state index contributed by atoms with van der Waals surface area (Å²) in [6, 6.07) is 0. The van der Waals surface area contributed by atoms with E-state index in [9.17, 15) is 4.79 Å². The summed E-state index contributed by atoms with van der Waals surface area (Å²) in [5.74, 6) is -0.817. The molecular formula is C9H13ClO2. The molecule has 1 N–H and O–H groups in total. The highest BCUT2D eigenvalue weighted by molar-refractivity contribution is 6.31. The summed E-state index contributed by atoms with van der Waals surface area (Å²) in [5, 5.41) is 9.30. The minimum absolute atomic E-state index is 0.287. The monoisotopic (exact) mass is 188 g/mol. The van der Waals surface area contributed by atoms with Gasteiger partial charge in [-0.05, 0) is 12.8 Å². The van der Waals surface area contributed by atoms with Gasteiger partial charge in [-0.3, -0.25) is 4.79 Å². The molecule has 0 aromatic rings. The van der Waals surface area contributed by atoms with Crippen molar-refractivity contribution >= 4 is 17.6 Å². The Balaban J connectivity index is 2.84. The number of aliphatic carboxylic acids is 1. The van der Waals surface area contributed by atoms with Crippen LogP contribution >= 0.6 is 11.6 Å². The molecule has 0 radical (unpaired) electrons. The van der Waals surface area contributed by atoms with E-state index >= 15 is 0 Å². The van der Waals surface area contributed by atoms with Crippen molar-refractivity contribution in [1.82, 2.24) is 0 Å². The Morgan fingerprint density at radius 2 is 1.83 bits per heavy atom. The van der Waals surface area contributed by atoms with Crippen molar-refractivity contribution < 1.29 is 9.90 Å². The number of carboxylic acids is 1. The van der Waals surface area contributed by atoms with Crippen LogP contribution in [-0.4, -0.2) is 11.1 Å². The Hall–Kier alpha value is -0.500. The number of hydrogen-bond acceptors (Lipinski definition) is 1. The van der Waals surface area contributed by atoms with Gasteiger partial charge in [-0.25, -0.2) is 0 Å². The summed E-state index contributed by atoms with van der Waals surface area (Å²) in [6.07, 6.45) is 4.28. The molecule has 0 amide bonds. The van der Waals surface area contributed by atoms with Crippen LogP contribution in [-0.2, 0) is 4.79 Å². The lowest BCUT2D eigenvalue weighted by molar-refractivity contribution is -0.147. The lowest BCUT2D eigenvalue weighted by Gasteiger charge is -2.32. The molecule has 0 aromatic heterocycles. The molecule has 1 fully saturated rings. The first-order valence-corrected chi connectivity index (χ1v) is 4.56. The molecule has 68 valence electrons. The van der Waals surface area contributed by atoms with Crippen LogP contribution in [0.3, 0.4) is 0 Å². The Kier molecular flexibility index (Phi) is 2.78. The highest BCUT2D eigenvalue weighted by atomic mass is 35.5. The third-order valence-electron chi connectivity index (χ3n) is 2.64. The second kappa shape index (κ2) is 3.48. The fourth-order valence-corrected chi connectivity index (χ4v) is 2.03. The summed E-state index contributed by atoms with van der Waals surface area (Å²) in [5.41, 5.74) is -0.834. The molecule has 3 heteroatoms. The molecule has 0 atom stereocenters. The highest BCUT2D eigenvalue weighted by Crippen LogP contribution is 2.43. The molecule has 0 aliphatic heterocycles. The predicted octanol–water partition coefficient (Wildman–Crippen LogP) is 2.77. The van der Waals surface area contributed by atoms with Crippen molar-refractivity contribution in [3.05, 3.63) is 11.6 Å². The van der Waals surface area contributed by atoms with Crippen molar-refractivity contribution in [1.29, 1.82) is 0 Å². The molecule has 0 saturated heterocycles. The smallest absolute Gasteiger partial charge is 0.315 e. The molecule has 1 rings (SSSR count). The largest absolute Gasteiger partial charge is 0.481 e. The van der Waals surface area contributed by atoms with Crippen LogP contribution in [0.4, 0.5) is 0 Å². The van der Waals surface area contributed by atoms with Crippen molar-refractivity contribution in [2.75, 3.05) is 0 Å². The normalized spacial score (nSPS) is 21.8. The fraction of sp³-hybridized carbons (Fsp3) is 0.667. The molecule has 0 spiro atoms.